The van der Waals surface area contributed by atoms with E-state index in [0.717, 1.165) is 16.6 Å². The van der Waals surface area contributed by atoms with Crippen molar-refractivity contribution < 1.29 is 8.78 Å². The fourth-order valence-electron chi connectivity index (χ4n) is 1.85. The smallest absolute Gasteiger partial charge is 0.256 e. The minimum absolute atomic E-state index is 0.140. The van der Waals surface area contributed by atoms with Gasteiger partial charge in [-0.15, -0.1) is 11.6 Å². The normalized spacial score (nSPS) is 11.6. The van der Waals surface area contributed by atoms with Gasteiger partial charge in [0.2, 0.25) is 0 Å². The summed E-state index contributed by atoms with van der Waals surface area (Å²) in [6, 6.07) is 5.54. The third-order valence-electron chi connectivity index (χ3n) is 2.49. The van der Waals surface area contributed by atoms with Gasteiger partial charge in [-0.25, -0.2) is 13.8 Å². The number of alkyl halides is 3. The standard InChI is InChI=1S/C11H11ClF2N2/c1-7-3-2-4-8-11(7)16(6-9(13)14)10(5-12)15-8/h2-4,9H,5-6H2,1H3. The lowest BCUT2D eigenvalue weighted by Gasteiger charge is -2.07. The van der Waals surface area contributed by atoms with Gasteiger partial charge in [-0.05, 0) is 18.6 Å². The van der Waals surface area contributed by atoms with Crippen molar-refractivity contribution in [1.29, 1.82) is 0 Å². The molecular weight excluding hydrogens is 234 g/mol. The Hall–Kier alpha value is -1.16. The molecule has 0 N–H and O–H groups in total. The van der Waals surface area contributed by atoms with Crippen molar-refractivity contribution in [1.82, 2.24) is 9.55 Å². The summed E-state index contributed by atoms with van der Waals surface area (Å²) in [5.74, 6) is 0.632. The predicted molar refractivity (Wildman–Crippen MR) is 60.0 cm³/mol. The molecule has 2 nitrogen and oxygen atoms in total. The molecule has 86 valence electrons. The van der Waals surface area contributed by atoms with Gasteiger partial charge in [0.1, 0.15) is 5.82 Å². The fourth-order valence-corrected chi connectivity index (χ4v) is 2.05. The van der Waals surface area contributed by atoms with Gasteiger partial charge < -0.3 is 4.57 Å². The van der Waals surface area contributed by atoms with Crippen molar-refractivity contribution in [3.63, 3.8) is 0 Å². The Labute approximate surface area is 96.8 Å². The van der Waals surface area contributed by atoms with E-state index in [1.807, 2.05) is 19.1 Å². The Morgan fingerprint density at radius 2 is 2.19 bits per heavy atom. The molecule has 5 heteroatoms. The number of halogens is 3. The monoisotopic (exact) mass is 244 g/mol. The number of imidazole rings is 1. The number of aromatic nitrogens is 2. The number of aryl methyl sites for hydroxylation is 1. The first-order chi connectivity index (χ1) is 7.63. The number of benzene rings is 1. The van der Waals surface area contributed by atoms with Gasteiger partial charge in [0, 0.05) is 0 Å². The number of hydrogen-bond donors (Lipinski definition) is 0. The molecule has 0 amide bonds. The molecule has 0 spiro atoms. The minimum Gasteiger partial charge on any atom is -0.321 e. The number of rotatable bonds is 3. The minimum atomic E-state index is -2.40. The molecule has 0 fully saturated rings. The summed E-state index contributed by atoms with van der Waals surface area (Å²) in [4.78, 5) is 4.24. The molecule has 16 heavy (non-hydrogen) atoms. The second kappa shape index (κ2) is 4.37. The molecule has 0 saturated heterocycles. The van der Waals surface area contributed by atoms with Gasteiger partial charge in [-0.1, -0.05) is 12.1 Å². The van der Waals surface area contributed by atoms with Crippen LogP contribution >= 0.6 is 11.6 Å². The first kappa shape index (κ1) is 11.3. The maximum Gasteiger partial charge on any atom is 0.256 e. The van der Waals surface area contributed by atoms with Gasteiger partial charge >= 0.3 is 0 Å². The maximum atomic E-state index is 12.5. The zero-order valence-electron chi connectivity index (χ0n) is 8.75. The van der Waals surface area contributed by atoms with Crippen LogP contribution in [-0.4, -0.2) is 16.0 Å². The quantitative estimate of drug-likeness (QED) is 0.757. The van der Waals surface area contributed by atoms with E-state index in [1.165, 1.54) is 4.57 Å². The van der Waals surface area contributed by atoms with Crippen molar-refractivity contribution in [2.24, 2.45) is 0 Å². The lowest BCUT2D eigenvalue weighted by Crippen LogP contribution is -2.09. The van der Waals surface area contributed by atoms with Crippen LogP contribution in [0.1, 0.15) is 11.4 Å². The zero-order chi connectivity index (χ0) is 11.7. The first-order valence-corrected chi connectivity index (χ1v) is 5.45. The molecule has 1 aromatic carbocycles. The van der Waals surface area contributed by atoms with Crippen LogP contribution in [0.5, 0.6) is 0 Å². The molecule has 1 aromatic heterocycles. The predicted octanol–water partition coefficient (Wildman–Crippen LogP) is 3.35. The molecule has 0 saturated carbocycles. The van der Waals surface area contributed by atoms with Crippen LogP contribution in [0.25, 0.3) is 11.0 Å². The lowest BCUT2D eigenvalue weighted by atomic mass is 10.2. The average molecular weight is 245 g/mol. The van der Waals surface area contributed by atoms with Crippen LogP contribution in [0.4, 0.5) is 8.78 Å². The Morgan fingerprint density at radius 3 is 2.81 bits per heavy atom. The SMILES string of the molecule is Cc1cccc2nc(CCl)n(CC(F)F)c12. The van der Waals surface area contributed by atoms with E-state index < -0.39 is 6.43 Å². The van der Waals surface area contributed by atoms with E-state index in [0.29, 0.717) is 5.82 Å². The summed E-state index contributed by atoms with van der Waals surface area (Å²) in [6.45, 7) is 1.52. The van der Waals surface area contributed by atoms with Crippen LogP contribution in [0.3, 0.4) is 0 Å². The topological polar surface area (TPSA) is 17.8 Å². The molecule has 0 aliphatic rings. The second-order valence-corrected chi connectivity index (χ2v) is 3.87. The van der Waals surface area contributed by atoms with Gasteiger partial charge in [-0.2, -0.15) is 0 Å². The molecule has 2 rings (SSSR count). The van der Waals surface area contributed by atoms with Crippen molar-refractivity contribution in [2.75, 3.05) is 0 Å². The fraction of sp³-hybridized carbons (Fsp3) is 0.364. The van der Waals surface area contributed by atoms with Gasteiger partial charge in [0.25, 0.3) is 6.43 Å². The van der Waals surface area contributed by atoms with E-state index in [4.69, 9.17) is 11.6 Å². The lowest BCUT2D eigenvalue weighted by molar-refractivity contribution is 0.127. The van der Waals surface area contributed by atoms with E-state index in [2.05, 4.69) is 4.98 Å². The van der Waals surface area contributed by atoms with Crippen molar-refractivity contribution in [2.45, 2.75) is 25.8 Å². The summed E-state index contributed by atoms with van der Waals surface area (Å²) < 4.78 is 26.5. The summed E-state index contributed by atoms with van der Waals surface area (Å²) in [7, 11) is 0. The van der Waals surface area contributed by atoms with Gasteiger partial charge in [0.15, 0.2) is 0 Å². The van der Waals surface area contributed by atoms with E-state index in [9.17, 15) is 8.78 Å². The van der Waals surface area contributed by atoms with Crippen molar-refractivity contribution >= 4 is 22.6 Å². The molecule has 0 atom stereocenters. The van der Waals surface area contributed by atoms with Crippen LogP contribution < -0.4 is 0 Å². The Kier molecular flexibility index (Phi) is 3.10. The summed E-state index contributed by atoms with van der Waals surface area (Å²) in [6.07, 6.45) is -2.40. The van der Waals surface area contributed by atoms with Gasteiger partial charge in [-0.3, -0.25) is 0 Å². The highest BCUT2D eigenvalue weighted by Crippen LogP contribution is 2.22. The second-order valence-electron chi connectivity index (χ2n) is 3.61. The van der Waals surface area contributed by atoms with Crippen LogP contribution in [0, 0.1) is 6.92 Å². The summed E-state index contributed by atoms with van der Waals surface area (Å²) in [5.41, 5.74) is 2.40. The van der Waals surface area contributed by atoms with Crippen molar-refractivity contribution in [3.05, 3.63) is 29.6 Å². The van der Waals surface area contributed by atoms with E-state index in [-0.39, 0.29) is 12.4 Å². The Bertz CT molecular complexity index is 508. The van der Waals surface area contributed by atoms with Crippen molar-refractivity contribution in [3.8, 4) is 0 Å². The maximum absolute atomic E-state index is 12.5. The average Bonchev–Trinajstić information content (AvgIpc) is 2.57. The van der Waals surface area contributed by atoms with Crippen LogP contribution in [0.15, 0.2) is 18.2 Å². The highest BCUT2D eigenvalue weighted by Gasteiger charge is 2.14. The molecule has 1 heterocycles. The highest BCUT2D eigenvalue weighted by molar-refractivity contribution is 6.16. The van der Waals surface area contributed by atoms with Crippen LogP contribution in [-0.2, 0) is 12.4 Å². The number of hydrogen-bond acceptors (Lipinski definition) is 1. The largest absolute Gasteiger partial charge is 0.321 e. The Morgan fingerprint density at radius 1 is 1.44 bits per heavy atom. The highest BCUT2D eigenvalue weighted by atomic mass is 35.5. The molecule has 0 aliphatic heterocycles. The van der Waals surface area contributed by atoms with Crippen LogP contribution in [0.2, 0.25) is 0 Å². The Balaban J connectivity index is 2.66. The first-order valence-electron chi connectivity index (χ1n) is 4.92. The zero-order valence-corrected chi connectivity index (χ0v) is 9.51. The molecule has 0 radical (unpaired) electrons. The summed E-state index contributed by atoms with van der Waals surface area (Å²) >= 11 is 5.71. The van der Waals surface area contributed by atoms with E-state index >= 15 is 0 Å². The molecule has 2 aromatic rings. The number of fused-ring (bicyclic) bond motifs is 1. The third-order valence-corrected chi connectivity index (χ3v) is 2.73. The van der Waals surface area contributed by atoms with Gasteiger partial charge in [0.05, 0.1) is 23.5 Å². The molecule has 0 bridgehead atoms. The molecule has 0 aliphatic carbocycles. The summed E-state index contributed by atoms with van der Waals surface area (Å²) in [5, 5.41) is 0. The number of nitrogens with zero attached hydrogens (tertiary/aromatic N) is 2. The van der Waals surface area contributed by atoms with E-state index in [1.54, 1.807) is 6.07 Å². The molecular formula is C11H11ClF2N2. The third kappa shape index (κ3) is 1.89. The number of para-hydroxylation sites is 1. The molecule has 0 unspecified atom stereocenters.